The SMILES string of the molecule is COC(=O)c1ccc(OC2CC(NCC3CCN(c4ccc([C@@H]5c6ccc(O)cc6CC[C@@H]5c5ccccc5)cc4)CC3)C2)cc1C(=O)OC. The molecule has 50 heavy (non-hydrogen) atoms. The van der Waals surface area contributed by atoms with Crippen molar-refractivity contribution in [2.24, 2.45) is 5.92 Å². The molecule has 0 bridgehead atoms. The van der Waals surface area contributed by atoms with Gasteiger partial charge in [-0.15, -0.1) is 0 Å². The molecule has 0 unspecified atom stereocenters. The quantitative estimate of drug-likeness (QED) is 0.170. The predicted octanol–water partition coefficient (Wildman–Crippen LogP) is 7.24. The number of fused-ring (bicyclic) bond motifs is 1. The van der Waals surface area contributed by atoms with Gasteiger partial charge in [0.15, 0.2) is 0 Å². The number of rotatable bonds is 10. The number of benzene rings is 4. The molecule has 2 atom stereocenters. The number of phenolic OH excluding ortho intramolecular Hbond substituents is 1. The molecule has 1 saturated heterocycles. The number of nitrogens with one attached hydrogen (secondary N) is 1. The van der Waals surface area contributed by atoms with Gasteiger partial charge in [0.05, 0.1) is 25.3 Å². The van der Waals surface area contributed by atoms with Gasteiger partial charge < -0.3 is 29.5 Å². The number of methoxy groups -OCH3 is 2. The number of esters is 2. The minimum atomic E-state index is -0.600. The molecule has 1 saturated carbocycles. The highest BCUT2D eigenvalue weighted by molar-refractivity contribution is 6.03. The molecular weight excluding hydrogens is 628 g/mol. The number of piperidine rings is 1. The number of ether oxygens (including phenoxy) is 3. The van der Waals surface area contributed by atoms with Crippen LogP contribution >= 0.6 is 0 Å². The lowest BCUT2D eigenvalue weighted by Gasteiger charge is -2.39. The highest BCUT2D eigenvalue weighted by Crippen LogP contribution is 2.47. The number of anilines is 1. The van der Waals surface area contributed by atoms with Crippen LogP contribution in [0.1, 0.15) is 86.9 Å². The summed E-state index contributed by atoms with van der Waals surface area (Å²) >= 11 is 0. The molecule has 8 heteroatoms. The molecule has 4 aromatic rings. The first-order valence-corrected chi connectivity index (χ1v) is 17.8. The van der Waals surface area contributed by atoms with Crippen molar-refractivity contribution in [1.82, 2.24) is 5.32 Å². The Morgan fingerprint density at radius 2 is 1.52 bits per heavy atom. The minimum absolute atomic E-state index is 0.0593. The van der Waals surface area contributed by atoms with E-state index < -0.39 is 11.9 Å². The normalized spacial score (nSPS) is 21.8. The maximum absolute atomic E-state index is 12.2. The lowest BCUT2D eigenvalue weighted by Crippen LogP contribution is -2.49. The summed E-state index contributed by atoms with van der Waals surface area (Å²) in [6, 6.07) is 31.3. The lowest BCUT2D eigenvalue weighted by molar-refractivity contribution is 0.0552. The summed E-state index contributed by atoms with van der Waals surface area (Å²) in [5.74, 6) is 1.00. The number of aryl methyl sites for hydroxylation is 1. The Labute approximate surface area is 294 Å². The molecule has 7 rings (SSSR count). The van der Waals surface area contributed by atoms with Crippen LogP contribution in [0, 0.1) is 5.92 Å². The number of carbonyl (C=O) groups is 2. The molecule has 1 aliphatic heterocycles. The number of nitrogens with zero attached hydrogens (tertiary/aromatic N) is 1. The third-order valence-corrected chi connectivity index (χ3v) is 10.9. The molecule has 0 amide bonds. The van der Waals surface area contributed by atoms with Crippen LogP contribution < -0.4 is 15.0 Å². The van der Waals surface area contributed by atoms with Gasteiger partial charge in [0, 0.05) is 30.7 Å². The first-order chi connectivity index (χ1) is 24.4. The van der Waals surface area contributed by atoms with Crippen molar-refractivity contribution >= 4 is 17.6 Å². The maximum atomic E-state index is 12.2. The Kier molecular flexibility index (Phi) is 10.1. The Hall–Kier alpha value is -4.82. The largest absolute Gasteiger partial charge is 0.508 e. The first-order valence-electron chi connectivity index (χ1n) is 17.8. The number of hydrogen-bond acceptors (Lipinski definition) is 8. The highest BCUT2D eigenvalue weighted by Gasteiger charge is 2.34. The zero-order chi connectivity index (χ0) is 34.6. The van der Waals surface area contributed by atoms with E-state index in [2.05, 4.69) is 70.9 Å². The van der Waals surface area contributed by atoms with Crippen molar-refractivity contribution in [3.05, 3.63) is 124 Å². The van der Waals surface area contributed by atoms with E-state index in [9.17, 15) is 14.7 Å². The van der Waals surface area contributed by atoms with E-state index in [0.717, 1.165) is 58.2 Å². The van der Waals surface area contributed by atoms with Crippen LogP contribution in [0.4, 0.5) is 5.69 Å². The van der Waals surface area contributed by atoms with Crippen LogP contribution in [-0.4, -0.2) is 63.0 Å². The Morgan fingerprint density at radius 1 is 0.800 bits per heavy atom. The second-order valence-electron chi connectivity index (χ2n) is 13.9. The van der Waals surface area contributed by atoms with Gasteiger partial charge in [-0.2, -0.15) is 0 Å². The molecule has 2 N–H and O–H groups in total. The Morgan fingerprint density at radius 3 is 2.24 bits per heavy atom. The molecule has 1 heterocycles. The second kappa shape index (κ2) is 15.0. The average Bonchev–Trinajstić information content (AvgIpc) is 3.15. The molecule has 2 aliphatic carbocycles. The Balaban J connectivity index is 0.901. The first kappa shape index (κ1) is 33.7. The van der Waals surface area contributed by atoms with E-state index in [0.29, 0.717) is 29.4 Å². The second-order valence-corrected chi connectivity index (χ2v) is 13.9. The maximum Gasteiger partial charge on any atom is 0.338 e. The summed E-state index contributed by atoms with van der Waals surface area (Å²) in [6.45, 7) is 3.09. The van der Waals surface area contributed by atoms with E-state index in [1.54, 1.807) is 18.2 Å². The summed E-state index contributed by atoms with van der Waals surface area (Å²) in [4.78, 5) is 26.8. The third-order valence-electron chi connectivity index (χ3n) is 10.9. The van der Waals surface area contributed by atoms with E-state index in [1.807, 2.05) is 12.1 Å². The highest BCUT2D eigenvalue weighted by atomic mass is 16.5. The molecule has 3 aliphatic rings. The topological polar surface area (TPSA) is 97.3 Å². The standard InChI is InChI=1S/C42H46N2O6/c1-48-41(46)38-17-14-34(25-39(38)42(47)49-2)50-35-23-31(24-35)43-26-27-18-20-44(21-19-27)32-11-8-29(9-12-32)40-36(28-6-4-3-5-7-28)15-10-30-22-33(45)13-16-37(30)40/h3-9,11-14,16-17,22,25,27,31,35-36,40,43,45H,10,15,18-21,23-24,26H2,1-2H3/t31?,35?,36-,40+/m1/s1. The fourth-order valence-electron chi connectivity index (χ4n) is 8.08. The molecule has 8 nitrogen and oxygen atoms in total. The van der Waals surface area contributed by atoms with E-state index in [1.165, 1.54) is 42.2 Å². The van der Waals surface area contributed by atoms with Gasteiger partial charge in [0.25, 0.3) is 0 Å². The summed E-state index contributed by atoms with van der Waals surface area (Å²) in [5, 5.41) is 13.9. The van der Waals surface area contributed by atoms with Gasteiger partial charge >= 0.3 is 11.9 Å². The van der Waals surface area contributed by atoms with Crippen molar-refractivity contribution in [1.29, 1.82) is 0 Å². The van der Waals surface area contributed by atoms with Crippen molar-refractivity contribution in [3.63, 3.8) is 0 Å². The fraction of sp³-hybridized carbons (Fsp3) is 0.381. The molecule has 0 aromatic heterocycles. The van der Waals surface area contributed by atoms with Crippen LogP contribution in [0.15, 0.2) is 91.0 Å². The molecule has 0 radical (unpaired) electrons. The van der Waals surface area contributed by atoms with Crippen molar-refractivity contribution < 1.29 is 28.9 Å². The number of hydrogen-bond donors (Lipinski definition) is 2. The number of phenols is 1. The molecule has 2 fully saturated rings. The smallest absolute Gasteiger partial charge is 0.338 e. The van der Waals surface area contributed by atoms with Gasteiger partial charge in [0.2, 0.25) is 0 Å². The zero-order valence-corrected chi connectivity index (χ0v) is 28.8. The predicted molar refractivity (Wildman–Crippen MR) is 193 cm³/mol. The van der Waals surface area contributed by atoms with Crippen molar-refractivity contribution in [3.8, 4) is 11.5 Å². The van der Waals surface area contributed by atoms with E-state index >= 15 is 0 Å². The lowest BCUT2D eigenvalue weighted by atomic mass is 9.69. The molecule has 0 spiro atoms. The fourth-order valence-corrected chi connectivity index (χ4v) is 8.08. The van der Waals surface area contributed by atoms with Gasteiger partial charge in [-0.05, 0) is 122 Å². The minimum Gasteiger partial charge on any atom is -0.508 e. The Bertz CT molecular complexity index is 1800. The van der Waals surface area contributed by atoms with Crippen LogP contribution in [0.3, 0.4) is 0 Å². The van der Waals surface area contributed by atoms with Crippen molar-refractivity contribution in [2.45, 2.75) is 62.5 Å². The number of carbonyl (C=O) groups excluding carboxylic acids is 2. The summed E-state index contributed by atoms with van der Waals surface area (Å²) in [7, 11) is 2.57. The van der Waals surface area contributed by atoms with Gasteiger partial charge in [-0.3, -0.25) is 0 Å². The van der Waals surface area contributed by atoms with Gasteiger partial charge in [-0.1, -0.05) is 48.5 Å². The van der Waals surface area contributed by atoms with Gasteiger partial charge in [-0.25, -0.2) is 9.59 Å². The monoisotopic (exact) mass is 674 g/mol. The van der Waals surface area contributed by atoms with Crippen LogP contribution in [0.25, 0.3) is 0 Å². The molecule has 4 aromatic carbocycles. The summed E-state index contributed by atoms with van der Waals surface area (Å²) in [6.07, 6.45) is 6.20. The molecule has 260 valence electrons. The summed E-state index contributed by atoms with van der Waals surface area (Å²) in [5.41, 5.74) is 6.88. The van der Waals surface area contributed by atoms with Crippen LogP contribution in [-0.2, 0) is 15.9 Å². The number of aromatic hydroxyl groups is 1. The van der Waals surface area contributed by atoms with Crippen molar-refractivity contribution in [2.75, 3.05) is 38.8 Å². The zero-order valence-electron chi connectivity index (χ0n) is 28.8. The summed E-state index contributed by atoms with van der Waals surface area (Å²) < 4.78 is 15.8. The molecular formula is C42H46N2O6. The van der Waals surface area contributed by atoms with Crippen LogP contribution in [0.5, 0.6) is 11.5 Å². The van der Waals surface area contributed by atoms with E-state index in [-0.39, 0.29) is 23.1 Å². The van der Waals surface area contributed by atoms with Crippen LogP contribution in [0.2, 0.25) is 0 Å². The third kappa shape index (κ3) is 7.22. The average molecular weight is 675 g/mol. The van der Waals surface area contributed by atoms with E-state index in [4.69, 9.17) is 14.2 Å². The van der Waals surface area contributed by atoms with Gasteiger partial charge in [0.1, 0.15) is 17.6 Å².